The van der Waals surface area contributed by atoms with Gasteiger partial charge in [0.25, 0.3) is 0 Å². The van der Waals surface area contributed by atoms with Crippen LogP contribution in [0.15, 0.2) is 0 Å². The van der Waals surface area contributed by atoms with Gasteiger partial charge in [0.1, 0.15) is 11.6 Å². The molecule has 1 saturated heterocycles. The lowest BCUT2D eigenvalue weighted by atomic mass is 10.1. The second-order valence-corrected chi connectivity index (χ2v) is 7.55. The van der Waals surface area contributed by atoms with Gasteiger partial charge in [-0.3, -0.25) is 4.79 Å². The number of rotatable bonds is 6. The third-order valence-electron chi connectivity index (χ3n) is 3.30. The van der Waals surface area contributed by atoms with E-state index in [0.717, 1.165) is 0 Å². The molecule has 1 atom stereocenters. The Morgan fingerprint density at radius 3 is 2.50 bits per heavy atom. The minimum absolute atomic E-state index is 0.000889. The number of carbonyl (C=O) groups excluding carboxylic acids is 1. The predicted octanol–water partition coefficient (Wildman–Crippen LogP) is 0.170. The van der Waals surface area contributed by atoms with E-state index in [1.54, 1.807) is 6.92 Å². The summed E-state index contributed by atoms with van der Waals surface area (Å²) in [6.07, 6.45) is 1.51. The molecule has 1 aliphatic heterocycles. The number of nitrogens with one attached hydrogen (secondary N) is 1. The predicted molar refractivity (Wildman–Crippen MR) is 73.7 cm³/mol. The number of carbonyl (C=O) groups is 2. The lowest BCUT2D eigenvalue weighted by molar-refractivity contribution is -0.146. The van der Waals surface area contributed by atoms with Gasteiger partial charge in [-0.15, -0.1) is 0 Å². The monoisotopic (exact) mass is 306 g/mol. The lowest BCUT2D eigenvalue weighted by Gasteiger charge is -2.27. The largest absolute Gasteiger partial charge is 0.480 e. The molecule has 0 saturated carbocycles. The molecule has 0 aromatic heterocycles. The van der Waals surface area contributed by atoms with Crippen molar-refractivity contribution in [3.05, 3.63) is 0 Å². The number of nitrogens with zero attached hydrogens (tertiary/aromatic N) is 1. The number of amides is 1. The Kier molecular flexibility index (Phi) is 5.15. The van der Waals surface area contributed by atoms with Gasteiger partial charge >= 0.3 is 5.97 Å². The van der Waals surface area contributed by atoms with Gasteiger partial charge in [0.2, 0.25) is 15.9 Å². The number of aliphatic carboxylic acids is 1. The van der Waals surface area contributed by atoms with Crippen LogP contribution in [0.3, 0.4) is 0 Å². The second kappa shape index (κ2) is 6.09. The van der Waals surface area contributed by atoms with Gasteiger partial charge in [-0.2, -0.15) is 4.31 Å². The fourth-order valence-corrected chi connectivity index (χ4v) is 3.90. The summed E-state index contributed by atoms with van der Waals surface area (Å²) in [4.78, 5) is 23.2. The summed E-state index contributed by atoms with van der Waals surface area (Å²) in [5.74, 6) is -1.71. The van der Waals surface area contributed by atoms with Gasteiger partial charge in [0.05, 0.1) is 5.75 Å². The molecule has 1 heterocycles. The van der Waals surface area contributed by atoms with Crippen LogP contribution in [0, 0.1) is 0 Å². The van der Waals surface area contributed by atoms with Gasteiger partial charge in [0.15, 0.2) is 0 Å². The number of hydrogen-bond donors (Lipinski definition) is 2. The topological polar surface area (TPSA) is 104 Å². The molecule has 1 aliphatic rings. The molecule has 0 aromatic rings. The highest BCUT2D eigenvalue weighted by molar-refractivity contribution is 7.89. The van der Waals surface area contributed by atoms with Crippen molar-refractivity contribution in [3.63, 3.8) is 0 Å². The van der Waals surface area contributed by atoms with E-state index in [9.17, 15) is 18.0 Å². The van der Waals surface area contributed by atoms with Crippen molar-refractivity contribution in [1.29, 1.82) is 0 Å². The molecule has 0 aliphatic carbocycles. The van der Waals surface area contributed by atoms with Crippen molar-refractivity contribution in [1.82, 2.24) is 9.62 Å². The molecule has 0 spiro atoms. The highest BCUT2D eigenvalue weighted by Gasteiger charge is 2.40. The molecule has 0 bridgehead atoms. The van der Waals surface area contributed by atoms with E-state index in [1.807, 2.05) is 0 Å². The SMILES string of the molecule is CCCS(=O)(=O)N1CCCC1C(=O)NC(C)(C)C(=O)O. The molecule has 20 heavy (non-hydrogen) atoms. The first-order chi connectivity index (χ1) is 9.12. The smallest absolute Gasteiger partial charge is 0.328 e. The standard InChI is InChI=1S/C12H22N2O5S/c1-4-8-20(18,19)14-7-5-6-9(14)10(15)13-12(2,3)11(16)17/h9H,4-8H2,1-3H3,(H,13,15)(H,16,17). The summed E-state index contributed by atoms with van der Waals surface area (Å²) in [6, 6.07) is -0.801. The Labute approximate surface area is 119 Å². The van der Waals surface area contributed by atoms with Gasteiger partial charge < -0.3 is 10.4 Å². The van der Waals surface area contributed by atoms with Crippen LogP contribution in [0.5, 0.6) is 0 Å². The molecule has 116 valence electrons. The molecule has 1 amide bonds. The highest BCUT2D eigenvalue weighted by Crippen LogP contribution is 2.22. The first-order valence-corrected chi connectivity index (χ1v) is 8.27. The zero-order chi connectivity index (χ0) is 15.6. The molecule has 2 N–H and O–H groups in total. The molecular weight excluding hydrogens is 284 g/mol. The van der Waals surface area contributed by atoms with Gasteiger partial charge in [-0.05, 0) is 33.1 Å². The third-order valence-corrected chi connectivity index (χ3v) is 5.37. The normalized spacial score (nSPS) is 20.9. The van der Waals surface area contributed by atoms with Crippen molar-refractivity contribution >= 4 is 21.9 Å². The maximum Gasteiger partial charge on any atom is 0.328 e. The first kappa shape index (κ1) is 16.9. The zero-order valence-corrected chi connectivity index (χ0v) is 12.9. The molecule has 8 heteroatoms. The fourth-order valence-electron chi connectivity index (χ4n) is 2.16. The van der Waals surface area contributed by atoms with E-state index in [2.05, 4.69) is 5.32 Å². The Hall–Kier alpha value is -1.15. The fraction of sp³-hybridized carbons (Fsp3) is 0.833. The van der Waals surface area contributed by atoms with Crippen LogP contribution in [0.2, 0.25) is 0 Å². The molecule has 1 rings (SSSR count). The third kappa shape index (κ3) is 3.69. The van der Waals surface area contributed by atoms with Crippen LogP contribution in [0.4, 0.5) is 0 Å². The van der Waals surface area contributed by atoms with Crippen LogP contribution in [0.1, 0.15) is 40.0 Å². The quantitative estimate of drug-likeness (QED) is 0.728. The minimum Gasteiger partial charge on any atom is -0.480 e. The average molecular weight is 306 g/mol. The average Bonchev–Trinajstić information content (AvgIpc) is 2.77. The highest BCUT2D eigenvalue weighted by atomic mass is 32.2. The van der Waals surface area contributed by atoms with Crippen LogP contribution in [0.25, 0.3) is 0 Å². The number of hydrogen-bond acceptors (Lipinski definition) is 4. The van der Waals surface area contributed by atoms with E-state index >= 15 is 0 Å². The molecule has 1 unspecified atom stereocenters. The summed E-state index contributed by atoms with van der Waals surface area (Å²) in [5.41, 5.74) is -1.42. The van der Waals surface area contributed by atoms with Crippen molar-refractivity contribution in [2.75, 3.05) is 12.3 Å². The molecule has 1 fully saturated rings. The zero-order valence-electron chi connectivity index (χ0n) is 12.0. The molecule has 7 nitrogen and oxygen atoms in total. The summed E-state index contributed by atoms with van der Waals surface area (Å²) >= 11 is 0. The maximum absolute atomic E-state index is 12.1. The maximum atomic E-state index is 12.1. The van der Waals surface area contributed by atoms with E-state index < -0.39 is 33.5 Å². The second-order valence-electron chi connectivity index (χ2n) is 5.50. The minimum atomic E-state index is -3.46. The Balaban J connectivity index is 2.85. The number of sulfonamides is 1. The van der Waals surface area contributed by atoms with Crippen molar-refractivity contribution in [2.45, 2.75) is 51.6 Å². The lowest BCUT2D eigenvalue weighted by Crippen LogP contribution is -2.55. The van der Waals surface area contributed by atoms with E-state index in [4.69, 9.17) is 5.11 Å². The number of carboxylic acids is 1. The molecule has 0 aromatic carbocycles. The van der Waals surface area contributed by atoms with E-state index in [-0.39, 0.29) is 5.75 Å². The van der Waals surface area contributed by atoms with Crippen molar-refractivity contribution in [3.8, 4) is 0 Å². The molecular formula is C12H22N2O5S. The van der Waals surface area contributed by atoms with Gasteiger partial charge in [-0.25, -0.2) is 13.2 Å². The first-order valence-electron chi connectivity index (χ1n) is 6.66. The summed E-state index contributed by atoms with van der Waals surface area (Å²) < 4.78 is 25.4. The van der Waals surface area contributed by atoms with Gasteiger partial charge in [0, 0.05) is 6.54 Å². The molecule has 0 radical (unpaired) electrons. The number of carboxylic acid groups (broad SMARTS) is 1. The Bertz CT molecular complexity index is 486. The summed E-state index contributed by atoms with van der Waals surface area (Å²) in [6.45, 7) is 4.81. The van der Waals surface area contributed by atoms with Crippen LogP contribution >= 0.6 is 0 Å². The van der Waals surface area contributed by atoms with E-state index in [1.165, 1.54) is 18.2 Å². The van der Waals surface area contributed by atoms with Crippen molar-refractivity contribution in [2.24, 2.45) is 0 Å². The van der Waals surface area contributed by atoms with Crippen LogP contribution < -0.4 is 5.32 Å². The summed E-state index contributed by atoms with van der Waals surface area (Å²) in [5, 5.41) is 11.4. The van der Waals surface area contributed by atoms with Gasteiger partial charge in [-0.1, -0.05) is 6.92 Å². The van der Waals surface area contributed by atoms with Crippen molar-refractivity contribution < 1.29 is 23.1 Å². The summed E-state index contributed by atoms with van der Waals surface area (Å²) in [7, 11) is -3.46. The Morgan fingerprint density at radius 2 is 2.00 bits per heavy atom. The van der Waals surface area contributed by atoms with E-state index in [0.29, 0.717) is 25.8 Å². The van der Waals surface area contributed by atoms with Crippen LogP contribution in [-0.2, 0) is 19.6 Å². The Morgan fingerprint density at radius 1 is 1.40 bits per heavy atom. The van der Waals surface area contributed by atoms with Crippen LogP contribution in [-0.4, -0.2) is 53.6 Å².